The van der Waals surface area contributed by atoms with Crippen LogP contribution in [0.15, 0.2) is 0 Å². The third kappa shape index (κ3) is 3.37. The number of ketones is 1. The summed E-state index contributed by atoms with van der Waals surface area (Å²) in [5, 5.41) is 0. The zero-order valence-corrected chi connectivity index (χ0v) is 14.9. The molecule has 1 saturated heterocycles. The van der Waals surface area contributed by atoms with Crippen molar-refractivity contribution < 1.29 is 14.3 Å². The number of amides is 1. The molecule has 1 aliphatic carbocycles. The van der Waals surface area contributed by atoms with Gasteiger partial charge in [0.1, 0.15) is 11.7 Å². The summed E-state index contributed by atoms with van der Waals surface area (Å²) in [6, 6.07) is 0. The average molecular weight is 309 g/mol. The number of hydrogen-bond acceptors (Lipinski definition) is 3. The molecule has 1 heterocycles. The molecule has 0 aromatic heterocycles. The highest BCUT2D eigenvalue weighted by Crippen LogP contribution is 2.50. The normalized spacial score (nSPS) is 30.7. The summed E-state index contributed by atoms with van der Waals surface area (Å²) < 4.78 is 5.33. The fraction of sp³-hybridized carbons (Fsp3) is 0.889. The maximum absolute atomic E-state index is 13.0. The first-order valence-corrected chi connectivity index (χ1v) is 8.43. The molecule has 2 rings (SSSR count). The molecule has 0 unspecified atom stereocenters. The maximum Gasteiger partial charge on any atom is 0.233 e. The number of nitrogens with zero attached hydrogens (tertiary/aromatic N) is 1. The summed E-state index contributed by atoms with van der Waals surface area (Å²) in [5.41, 5.74) is -0.122. The molecule has 2 fully saturated rings. The van der Waals surface area contributed by atoms with Crippen molar-refractivity contribution in [2.75, 3.05) is 26.3 Å². The summed E-state index contributed by atoms with van der Waals surface area (Å²) in [6.07, 6.45) is 0.826. The second-order valence-electron chi connectivity index (χ2n) is 8.94. The number of ether oxygens (including phenoxy) is 1. The standard InChI is InChI=1S/C18H31NO3/c1-17(2,3)12-11-13(18(4,5)6)15(20)14(12)16(21)19-7-9-22-10-8-19/h12-14H,7-11H2,1-6H3/t12-,13-,14+/m1/s1. The topological polar surface area (TPSA) is 46.6 Å². The lowest BCUT2D eigenvalue weighted by Crippen LogP contribution is -2.48. The first-order valence-electron chi connectivity index (χ1n) is 8.43. The second-order valence-corrected chi connectivity index (χ2v) is 8.94. The van der Waals surface area contributed by atoms with E-state index in [1.165, 1.54) is 0 Å². The summed E-state index contributed by atoms with van der Waals surface area (Å²) in [6.45, 7) is 15.1. The van der Waals surface area contributed by atoms with E-state index in [0.29, 0.717) is 26.3 Å². The Kier molecular flexibility index (Phi) is 4.72. The lowest BCUT2D eigenvalue weighted by Gasteiger charge is -2.35. The molecule has 22 heavy (non-hydrogen) atoms. The molecule has 4 heteroatoms. The van der Waals surface area contributed by atoms with E-state index >= 15 is 0 Å². The molecule has 1 aliphatic heterocycles. The highest BCUT2D eigenvalue weighted by Gasteiger charge is 2.54. The Bertz CT molecular complexity index is 438. The minimum Gasteiger partial charge on any atom is -0.378 e. The van der Waals surface area contributed by atoms with Crippen LogP contribution >= 0.6 is 0 Å². The molecule has 3 atom stereocenters. The minimum absolute atomic E-state index is 0.0216. The van der Waals surface area contributed by atoms with Gasteiger partial charge in [0.15, 0.2) is 0 Å². The van der Waals surface area contributed by atoms with Gasteiger partial charge in [-0.15, -0.1) is 0 Å². The molecule has 126 valence electrons. The molecule has 4 nitrogen and oxygen atoms in total. The van der Waals surface area contributed by atoms with Crippen LogP contribution in [0.3, 0.4) is 0 Å². The van der Waals surface area contributed by atoms with E-state index in [-0.39, 0.29) is 34.4 Å². The van der Waals surface area contributed by atoms with Crippen LogP contribution in [0.4, 0.5) is 0 Å². The Hall–Kier alpha value is -0.900. The molecule has 0 spiro atoms. The van der Waals surface area contributed by atoms with Crippen LogP contribution in [0.1, 0.15) is 48.0 Å². The molecule has 0 bridgehead atoms. The average Bonchev–Trinajstić information content (AvgIpc) is 2.76. The van der Waals surface area contributed by atoms with Gasteiger partial charge in [-0.25, -0.2) is 0 Å². The number of hydrogen-bond donors (Lipinski definition) is 0. The van der Waals surface area contributed by atoms with Crippen molar-refractivity contribution >= 4 is 11.7 Å². The van der Waals surface area contributed by atoms with Crippen LogP contribution in [0.25, 0.3) is 0 Å². The van der Waals surface area contributed by atoms with Gasteiger partial charge < -0.3 is 9.64 Å². The van der Waals surface area contributed by atoms with Gasteiger partial charge in [0, 0.05) is 19.0 Å². The van der Waals surface area contributed by atoms with E-state index in [0.717, 1.165) is 6.42 Å². The molecule has 0 N–H and O–H groups in total. The number of carbonyl (C=O) groups is 2. The number of Topliss-reactive ketones (excluding diaryl/α,β-unsaturated/α-hetero) is 1. The van der Waals surface area contributed by atoms with Crippen molar-refractivity contribution in [2.24, 2.45) is 28.6 Å². The van der Waals surface area contributed by atoms with Crippen LogP contribution in [0, 0.1) is 28.6 Å². The zero-order chi connectivity index (χ0) is 16.7. The highest BCUT2D eigenvalue weighted by atomic mass is 16.5. The van der Waals surface area contributed by atoms with Crippen molar-refractivity contribution in [2.45, 2.75) is 48.0 Å². The minimum atomic E-state index is -0.470. The van der Waals surface area contributed by atoms with Gasteiger partial charge >= 0.3 is 0 Å². The van der Waals surface area contributed by atoms with E-state index in [9.17, 15) is 9.59 Å². The second kappa shape index (κ2) is 5.95. The third-order valence-corrected chi connectivity index (χ3v) is 5.29. The maximum atomic E-state index is 13.0. The Morgan fingerprint density at radius 1 is 1.05 bits per heavy atom. The van der Waals surface area contributed by atoms with Gasteiger partial charge in [-0.3, -0.25) is 9.59 Å². The van der Waals surface area contributed by atoms with E-state index in [2.05, 4.69) is 41.5 Å². The van der Waals surface area contributed by atoms with Crippen LogP contribution in [-0.2, 0) is 14.3 Å². The molecule has 1 saturated carbocycles. The van der Waals surface area contributed by atoms with Crippen molar-refractivity contribution in [3.63, 3.8) is 0 Å². The summed E-state index contributed by atoms with van der Waals surface area (Å²) in [4.78, 5) is 27.8. The first-order chi connectivity index (χ1) is 10.0. The fourth-order valence-electron chi connectivity index (χ4n) is 3.83. The molecule has 1 amide bonds. The monoisotopic (exact) mass is 309 g/mol. The zero-order valence-electron chi connectivity index (χ0n) is 14.9. The van der Waals surface area contributed by atoms with Crippen molar-refractivity contribution in [1.29, 1.82) is 0 Å². The van der Waals surface area contributed by atoms with Crippen LogP contribution < -0.4 is 0 Å². The highest BCUT2D eigenvalue weighted by molar-refractivity contribution is 6.04. The lowest BCUT2D eigenvalue weighted by molar-refractivity contribution is -0.147. The van der Waals surface area contributed by atoms with E-state index in [1.54, 1.807) is 0 Å². The summed E-state index contributed by atoms with van der Waals surface area (Å²) >= 11 is 0. The predicted octanol–water partition coefficient (Wildman–Crippen LogP) is 2.76. The Morgan fingerprint density at radius 2 is 1.59 bits per heavy atom. The van der Waals surface area contributed by atoms with E-state index in [4.69, 9.17) is 4.74 Å². The predicted molar refractivity (Wildman–Crippen MR) is 86.4 cm³/mol. The van der Waals surface area contributed by atoms with Gasteiger partial charge in [-0.1, -0.05) is 41.5 Å². The molecule has 0 radical (unpaired) electrons. The Labute approximate surface area is 134 Å². The Morgan fingerprint density at radius 3 is 2.05 bits per heavy atom. The van der Waals surface area contributed by atoms with Crippen LogP contribution in [0.5, 0.6) is 0 Å². The molecular formula is C18H31NO3. The summed E-state index contributed by atoms with van der Waals surface area (Å²) in [7, 11) is 0. The number of carbonyl (C=O) groups excluding carboxylic acids is 2. The fourth-order valence-corrected chi connectivity index (χ4v) is 3.83. The third-order valence-electron chi connectivity index (χ3n) is 5.29. The molecule has 2 aliphatic rings. The number of morpholine rings is 1. The van der Waals surface area contributed by atoms with Crippen LogP contribution in [0.2, 0.25) is 0 Å². The van der Waals surface area contributed by atoms with Crippen LogP contribution in [-0.4, -0.2) is 42.9 Å². The van der Waals surface area contributed by atoms with Gasteiger partial charge in [-0.05, 0) is 23.2 Å². The SMILES string of the molecule is CC(C)(C)[C@@H]1C[C@@H](C(C)(C)C)[C@H](C(=O)N2CCOCC2)C1=O. The van der Waals surface area contributed by atoms with E-state index < -0.39 is 5.92 Å². The lowest BCUT2D eigenvalue weighted by atomic mass is 9.73. The Balaban J connectivity index is 2.28. The van der Waals surface area contributed by atoms with Crippen molar-refractivity contribution in [3.8, 4) is 0 Å². The molecule has 0 aromatic carbocycles. The largest absolute Gasteiger partial charge is 0.378 e. The van der Waals surface area contributed by atoms with Gasteiger partial charge in [0.25, 0.3) is 0 Å². The summed E-state index contributed by atoms with van der Waals surface area (Å²) in [5.74, 6) is -0.183. The quantitative estimate of drug-likeness (QED) is 0.700. The van der Waals surface area contributed by atoms with Crippen molar-refractivity contribution in [1.82, 2.24) is 4.90 Å². The smallest absolute Gasteiger partial charge is 0.233 e. The van der Waals surface area contributed by atoms with Gasteiger partial charge in [0.05, 0.1) is 13.2 Å². The van der Waals surface area contributed by atoms with Crippen molar-refractivity contribution in [3.05, 3.63) is 0 Å². The van der Waals surface area contributed by atoms with Gasteiger partial charge in [0.2, 0.25) is 5.91 Å². The molecular weight excluding hydrogens is 278 g/mol. The number of rotatable bonds is 1. The van der Waals surface area contributed by atoms with E-state index in [1.807, 2.05) is 4.90 Å². The molecule has 0 aromatic rings. The first kappa shape index (κ1) is 17.5. The van der Waals surface area contributed by atoms with Gasteiger partial charge in [-0.2, -0.15) is 0 Å².